The van der Waals surface area contributed by atoms with Crippen molar-refractivity contribution in [3.8, 4) is 0 Å². The normalized spacial score (nSPS) is 12.1. The molecule has 0 spiro atoms. The van der Waals surface area contributed by atoms with Crippen molar-refractivity contribution in [2.45, 2.75) is 13.0 Å². The molecule has 0 aliphatic carbocycles. The SMILES string of the molecule is CC(Nc1ncccc1[N+](=O)[O-])c1ncn[nH]1. The molecule has 0 aliphatic rings. The van der Waals surface area contributed by atoms with Crippen LogP contribution in [0.5, 0.6) is 0 Å². The molecular formula is C9H10N6O2. The van der Waals surface area contributed by atoms with E-state index in [1.54, 1.807) is 6.92 Å². The highest BCUT2D eigenvalue weighted by atomic mass is 16.6. The van der Waals surface area contributed by atoms with Crippen LogP contribution >= 0.6 is 0 Å². The van der Waals surface area contributed by atoms with Gasteiger partial charge in [0.25, 0.3) is 0 Å². The van der Waals surface area contributed by atoms with Gasteiger partial charge in [-0.25, -0.2) is 9.97 Å². The Labute approximate surface area is 96.3 Å². The van der Waals surface area contributed by atoms with Gasteiger partial charge < -0.3 is 5.32 Å². The van der Waals surface area contributed by atoms with Crippen LogP contribution in [0.3, 0.4) is 0 Å². The summed E-state index contributed by atoms with van der Waals surface area (Å²) in [5.41, 5.74) is -0.0705. The fourth-order valence-corrected chi connectivity index (χ4v) is 1.35. The first-order valence-electron chi connectivity index (χ1n) is 4.89. The summed E-state index contributed by atoms with van der Waals surface area (Å²) in [6, 6.07) is 2.66. The number of nitrogens with zero attached hydrogens (tertiary/aromatic N) is 4. The van der Waals surface area contributed by atoms with Crippen molar-refractivity contribution in [1.29, 1.82) is 0 Å². The highest BCUT2D eigenvalue weighted by Crippen LogP contribution is 2.23. The van der Waals surface area contributed by atoms with Crippen molar-refractivity contribution < 1.29 is 4.92 Å². The van der Waals surface area contributed by atoms with Crippen molar-refractivity contribution in [1.82, 2.24) is 20.2 Å². The summed E-state index contributed by atoms with van der Waals surface area (Å²) in [6.07, 6.45) is 2.86. The molecule has 0 saturated heterocycles. The zero-order valence-electron chi connectivity index (χ0n) is 8.99. The van der Waals surface area contributed by atoms with Crippen LogP contribution in [0.25, 0.3) is 0 Å². The Morgan fingerprint density at radius 3 is 3.00 bits per heavy atom. The smallest absolute Gasteiger partial charge is 0.311 e. The van der Waals surface area contributed by atoms with Gasteiger partial charge in [0.1, 0.15) is 12.2 Å². The van der Waals surface area contributed by atoms with Crippen LogP contribution in [0.4, 0.5) is 11.5 Å². The first-order chi connectivity index (χ1) is 8.18. The quantitative estimate of drug-likeness (QED) is 0.609. The van der Waals surface area contributed by atoms with Crippen molar-refractivity contribution in [2.75, 3.05) is 5.32 Å². The van der Waals surface area contributed by atoms with Crippen LogP contribution in [0.1, 0.15) is 18.8 Å². The molecule has 0 aromatic carbocycles. The summed E-state index contributed by atoms with van der Waals surface area (Å²) in [5, 5.41) is 20.1. The molecule has 2 rings (SSSR count). The Balaban J connectivity index is 2.21. The van der Waals surface area contributed by atoms with E-state index in [2.05, 4.69) is 25.5 Å². The number of hydrogen-bond donors (Lipinski definition) is 2. The van der Waals surface area contributed by atoms with Crippen LogP contribution < -0.4 is 5.32 Å². The number of anilines is 1. The average molecular weight is 234 g/mol. The van der Waals surface area contributed by atoms with Gasteiger partial charge >= 0.3 is 5.69 Å². The molecule has 2 N–H and O–H groups in total. The van der Waals surface area contributed by atoms with Gasteiger partial charge in [-0.05, 0) is 13.0 Å². The second kappa shape index (κ2) is 4.56. The Hall–Kier alpha value is -2.51. The molecule has 17 heavy (non-hydrogen) atoms. The monoisotopic (exact) mass is 234 g/mol. The maximum atomic E-state index is 10.8. The van der Waals surface area contributed by atoms with E-state index in [4.69, 9.17) is 0 Å². The van der Waals surface area contributed by atoms with Gasteiger partial charge in [0.2, 0.25) is 5.82 Å². The number of H-pyrrole nitrogens is 1. The lowest BCUT2D eigenvalue weighted by atomic mass is 10.3. The van der Waals surface area contributed by atoms with Gasteiger partial charge in [-0.2, -0.15) is 5.10 Å². The van der Waals surface area contributed by atoms with Gasteiger partial charge in [-0.1, -0.05) is 0 Å². The van der Waals surface area contributed by atoms with E-state index in [1.807, 2.05) is 0 Å². The van der Waals surface area contributed by atoms with Crippen LogP contribution in [-0.4, -0.2) is 25.1 Å². The number of pyridine rings is 1. The summed E-state index contributed by atoms with van der Waals surface area (Å²) in [6.45, 7) is 1.80. The molecule has 8 nitrogen and oxygen atoms in total. The molecule has 0 bridgehead atoms. The molecule has 88 valence electrons. The molecular weight excluding hydrogens is 224 g/mol. The molecule has 0 radical (unpaired) electrons. The molecule has 0 amide bonds. The third kappa shape index (κ3) is 2.36. The number of hydrogen-bond acceptors (Lipinski definition) is 6. The fraction of sp³-hybridized carbons (Fsp3) is 0.222. The number of nitro groups is 1. The number of aromatic nitrogens is 4. The summed E-state index contributed by atoms with van der Waals surface area (Å²) >= 11 is 0. The maximum absolute atomic E-state index is 10.8. The summed E-state index contributed by atoms with van der Waals surface area (Å²) < 4.78 is 0. The number of rotatable bonds is 4. The van der Waals surface area contributed by atoms with Crippen molar-refractivity contribution in [3.05, 3.63) is 40.6 Å². The molecule has 2 aromatic rings. The Morgan fingerprint density at radius 2 is 2.35 bits per heavy atom. The van der Waals surface area contributed by atoms with Crippen LogP contribution in [0, 0.1) is 10.1 Å². The third-order valence-corrected chi connectivity index (χ3v) is 2.18. The molecule has 8 heteroatoms. The fourth-order valence-electron chi connectivity index (χ4n) is 1.35. The molecule has 0 saturated carbocycles. The lowest BCUT2D eigenvalue weighted by molar-refractivity contribution is -0.384. The topological polar surface area (TPSA) is 110 Å². The standard InChI is InChI=1S/C9H10N6O2/c1-6(8-11-5-12-14-8)13-9-7(15(16)17)3-2-4-10-9/h2-6H,1H3,(H,10,13)(H,11,12,14). The largest absolute Gasteiger partial charge is 0.355 e. The predicted molar refractivity (Wildman–Crippen MR) is 59.3 cm³/mol. The minimum absolute atomic E-state index is 0.0705. The van der Waals surface area contributed by atoms with Gasteiger partial charge in [-0.15, -0.1) is 0 Å². The summed E-state index contributed by atoms with van der Waals surface area (Å²) in [5.74, 6) is 0.798. The molecule has 1 atom stereocenters. The van der Waals surface area contributed by atoms with E-state index < -0.39 is 4.92 Å². The molecule has 0 aliphatic heterocycles. The minimum Gasteiger partial charge on any atom is -0.355 e. The van der Waals surface area contributed by atoms with E-state index in [9.17, 15) is 10.1 Å². The third-order valence-electron chi connectivity index (χ3n) is 2.18. The van der Waals surface area contributed by atoms with Crippen LogP contribution in [-0.2, 0) is 0 Å². The van der Waals surface area contributed by atoms with Gasteiger partial charge in [-0.3, -0.25) is 15.2 Å². The number of aromatic amines is 1. The summed E-state index contributed by atoms with van der Waals surface area (Å²) in [7, 11) is 0. The van der Waals surface area contributed by atoms with Crippen molar-refractivity contribution >= 4 is 11.5 Å². The molecule has 2 heterocycles. The van der Waals surface area contributed by atoms with Crippen LogP contribution in [0.2, 0.25) is 0 Å². The van der Waals surface area contributed by atoms with E-state index in [1.165, 1.54) is 24.7 Å². The van der Waals surface area contributed by atoms with E-state index in [0.717, 1.165) is 0 Å². The highest BCUT2D eigenvalue weighted by molar-refractivity contribution is 5.55. The lowest BCUT2D eigenvalue weighted by Gasteiger charge is -2.11. The van der Waals surface area contributed by atoms with Crippen molar-refractivity contribution in [3.63, 3.8) is 0 Å². The maximum Gasteiger partial charge on any atom is 0.311 e. The van der Waals surface area contributed by atoms with Gasteiger partial charge in [0.15, 0.2) is 0 Å². The highest BCUT2D eigenvalue weighted by Gasteiger charge is 2.17. The van der Waals surface area contributed by atoms with Gasteiger partial charge in [0.05, 0.1) is 11.0 Å². The Morgan fingerprint density at radius 1 is 1.53 bits per heavy atom. The number of nitrogens with one attached hydrogen (secondary N) is 2. The second-order valence-electron chi connectivity index (χ2n) is 3.36. The zero-order valence-corrected chi connectivity index (χ0v) is 8.99. The Bertz CT molecular complexity index is 512. The molecule has 2 aromatic heterocycles. The minimum atomic E-state index is -0.484. The van der Waals surface area contributed by atoms with E-state index >= 15 is 0 Å². The Kier molecular flexibility index (Phi) is 2.95. The van der Waals surface area contributed by atoms with Gasteiger partial charge in [0, 0.05) is 12.3 Å². The van der Waals surface area contributed by atoms with E-state index in [-0.39, 0.29) is 17.5 Å². The van der Waals surface area contributed by atoms with Crippen LogP contribution in [0.15, 0.2) is 24.7 Å². The second-order valence-corrected chi connectivity index (χ2v) is 3.36. The first kappa shape index (κ1) is 11.0. The average Bonchev–Trinajstić information content (AvgIpc) is 2.83. The first-order valence-corrected chi connectivity index (χ1v) is 4.89. The van der Waals surface area contributed by atoms with E-state index in [0.29, 0.717) is 5.82 Å². The van der Waals surface area contributed by atoms with Crippen molar-refractivity contribution in [2.24, 2.45) is 0 Å². The predicted octanol–water partition coefficient (Wildman–Crippen LogP) is 1.28. The molecule has 1 unspecified atom stereocenters. The lowest BCUT2D eigenvalue weighted by Crippen LogP contribution is -2.11. The summed E-state index contributed by atoms with van der Waals surface area (Å²) in [4.78, 5) is 18.2. The molecule has 0 fully saturated rings. The zero-order chi connectivity index (χ0) is 12.3.